The van der Waals surface area contributed by atoms with E-state index in [9.17, 15) is 9.59 Å². The number of ether oxygens (including phenoxy) is 3. The van der Waals surface area contributed by atoms with Gasteiger partial charge in [-0.05, 0) is 11.6 Å². The molecule has 1 N–H and O–H groups in total. The van der Waals surface area contributed by atoms with Gasteiger partial charge in [0.1, 0.15) is 0 Å². The van der Waals surface area contributed by atoms with Gasteiger partial charge in [0, 0.05) is 5.92 Å². The van der Waals surface area contributed by atoms with Gasteiger partial charge in [-0.3, -0.25) is 19.3 Å². The molecule has 2 aliphatic rings. The summed E-state index contributed by atoms with van der Waals surface area (Å²) in [5.41, 5.74) is -2.63. The van der Waals surface area contributed by atoms with E-state index in [0.717, 1.165) is 0 Å². The predicted octanol–water partition coefficient (Wildman–Crippen LogP) is 0.515. The smallest absolute Gasteiger partial charge is 0.473 e. The minimum Gasteiger partial charge on any atom is -0.481 e. The topological polar surface area (TPSA) is 98.8 Å². The zero-order chi connectivity index (χ0) is 15.7. The zero-order valence-electron chi connectivity index (χ0n) is 11.7. The Kier molecular flexibility index (Phi) is 3.98. The number of carbonyl (C=O) groups excluding carboxylic acids is 1. The number of aliphatic imine (C=N–C) groups is 1. The average Bonchev–Trinajstić information content (AvgIpc) is 2.92. The van der Waals surface area contributed by atoms with Gasteiger partial charge in [-0.1, -0.05) is 6.92 Å². The van der Waals surface area contributed by atoms with Crippen LogP contribution >= 0.6 is 0 Å². The molecule has 0 spiro atoms. The summed E-state index contributed by atoms with van der Waals surface area (Å²) in [6.07, 6.45) is -1.46. The summed E-state index contributed by atoms with van der Waals surface area (Å²) in [5.74, 6) is -1.93. The van der Waals surface area contributed by atoms with Crippen molar-refractivity contribution in [1.82, 2.24) is 0 Å². The molecule has 114 valence electrons. The Hall–Kier alpha value is -1.98. The fourth-order valence-corrected chi connectivity index (χ4v) is 2.77. The molecule has 2 aliphatic heterocycles. The second-order valence-electron chi connectivity index (χ2n) is 5.08. The molecule has 8 heteroatoms. The second kappa shape index (κ2) is 5.42. The number of carbonyl (C=O) groups is 2. The number of nitrogens with zero attached hydrogens (tertiary/aromatic N) is 2. The molecule has 2 fully saturated rings. The lowest BCUT2D eigenvalue weighted by Crippen LogP contribution is -2.53. The van der Waals surface area contributed by atoms with Crippen LogP contribution in [-0.2, 0) is 23.8 Å². The van der Waals surface area contributed by atoms with E-state index >= 15 is 0 Å². The van der Waals surface area contributed by atoms with Crippen LogP contribution in [0.5, 0.6) is 0 Å². The summed E-state index contributed by atoms with van der Waals surface area (Å²) >= 11 is 0. The van der Waals surface area contributed by atoms with Crippen molar-refractivity contribution in [2.45, 2.75) is 37.3 Å². The second-order valence-corrected chi connectivity index (χ2v) is 5.08. The van der Waals surface area contributed by atoms with Crippen LogP contribution in [0.3, 0.4) is 0 Å². The number of carboxylic acid groups (broad SMARTS) is 1. The van der Waals surface area contributed by atoms with Crippen LogP contribution in [0, 0.1) is 12.5 Å². The molecule has 2 rings (SSSR count). The molecule has 0 amide bonds. The molecular weight excluding hydrogens is 280 g/mol. The minimum atomic E-state index is -1.44. The first-order chi connectivity index (χ1) is 9.91. The highest BCUT2D eigenvalue weighted by Gasteiger charge is 2.80. The van der Waals surface area contributed by atoms with Crippen molar-refractivity contribution in [3.8, 4) is 6.57 Å². The molecule has 2 saturated heterocycles. The Balaban J connectivity index is 2.16. The number of esters is 1. The van der Waals surface area contributed by atoms with E-state index in [2.05, 4.69) is 16.6 Å². The SMILES string of the molecule is C#[N+][C@]12OC[C@@H](C)[C@@]1(N=C)OC[C@@H]2OC(=O)CCC(=O)O. The predicted molar refractivity (Wildman–Crippen MR) is 71.1 cm³/mol. The Bertz CT molecular complexity index is 515. The van der Waals surface area contributed by atoms with Crippen molar-refractivity contribution >= 4 is 18.7 Å². The molecule has 21 heavy (non-hydrogen) atoms. The number of hydrogen-bond donors (Lipinski definition) is 1. The van der Waals surface area contributed by atoms with Gasteiger partial charge in [-0.25, -0.2) is 0 Å². The number of rotatable bonds is 5. The van der Waals surface area contributed by atoms with Crippen molar-refractivity contribution in [2.24, 2.45) is 10.9 Å². The molecule has 4 atom stereocenters. The highest BCUT2D eigenvalue weighted by molar-refractivity contribution is 5.76. The van der Waals surface area contributed by atoms with E-state index in [1.54, 1.807) is 0 Å². The van der Waals surface area contributed by atoms with Crippen LogP contribution in [0.4, 0.5) is 0 Å². The van der Waals surface area contributed by atoms with Gasteiger partial charge in [-0.15, -0.1) is 0 Å². The molecule has 8 nitrogen and oxygen atoms in total. The van der Waals surface area contributed by atoms with Crippen molar-refractivity contribution < 1.29 is 28.9 Å². The lowest BCUT2D eigenvalue weighted by molar-refractivity contribution is -0.161. The van der Waals surface area contributed by atoms with Gasteiger partial charge in [0.15, 0.2) is 0 Å². The third kappa shape index (κ3) is 2.18. The lowest BCUT2D eigenvalue weighted by Gasteiger charge is -2.25. The van der Waals surface area contributed by atoms with Crippen molar-refractivity contribution in [2.75, 3.05) is 13.2 Å². The maximum absolute atomic E-state index is 11.7. The molecule has 2 heterocycles. The zero-order valence-corrected chi connectivity index (χ0v) is 11.7. The Labute approximate surface area is 121 Å². The molecule has 0 aromatic heterocycles. The normalized spacial score (nSPS) is 37.5. The van der Waals surface area contributed by atoms with Crippen LogP contribution in [0.25, 0.3) is 4.85 Å². The van der Waals surface area contributed by atoms with Crippen molar-refractivity contribution in [3.63, 3.8) is 0 Å². The van der Waals surface area contributed by atoms with E-state index in [-0.39, 0.29) is 32.0 Å². The number of carboxylic acids is 1. The third-order valence-corrected chi connectivity index (χ3v) is 3.87. The van der Waals surface area contributed by atoms with E-state index in [1.165, 1.54) is 0 Å². The summed E-state index contributed by atoms with van der Waals surface area (Å²) in [7, 11) is 0. The minimum absolute atomic E-state index is 0.00285. The monoisotopic (exact) mass is 297 g/mol. The lowest BCUT2D eigenvalue weighted by atomic mass is 9.90. The van der Waals surface area contributed by atoms with E-state index in [1.807, 2.05) is 6.92 Å². The maximum atomic E-state index is 11.7. The Morgan fingerprint density at radius 1 is 1.48 bits per heavy atom. The van der Waals surface area contributed by atoms with Crippen LogP contribution in [-0.4, -0.2) is 54.5 Å². The first-order valence-electron chi connectivity index (χ1n) is 6.51. The van der Waals surface area contributed by atoms with Crippen LogP contribution < -0.4 is 0 Å². The molecule has 0 unspecified atom stereocenters. The van der Waals surface area contributed by atoms with Crippen LogP contribution in [0.15, 0.2) is 4.99 Å². The molecule has 0 radical (unpaired) electrons. The molecule has 0 aromatic carbocycles. The van der Waals surface area contributed by atoms with Gasteiger partial charge in [0.2, 0.25) is 6.10 Å². The van der Waals surface area contributed by atoms with E-state index in [4.69, 9.17) is 25.9 Å². The largest absolute Gasteiger partial charge is 0.481 e. The van der Waals surface area contributed by atoms with Gasteiger partial charge in [-0.2, -0.15) is 0 Å². The molecule has 0 aliphatic carbocycles. The molecular formula is C13H17N2O6+. The quantitative estimate of drug-likeness (QED) is 0.586. The Morgan fingerprint density at radius 3 is 2.76 bits per heavy atom. The highest BCUT2D eigenvalue weighted by Crippen LogP contribution is 2.52. The number of aliphatic carboxylic acids is 1. The van der Waals surface area contributed by atoms with E-state index < -0.39 is 29.5 Å². The summed E-state index contributed by atoms with van der Waals surface area (Å²) in [6, 6.07) is 0. The highest BCUT2D eigenvalue weighted by atomic mass is 16.7. The average molecular weight is 297 g/mol. The van der Waals surface area contributed by atoms with E-state index in [0.29, 0.717) is 0 Å². The first-order valence-corrected chi connectivity index (χ1v) is 6.51. The molecule has 0 saturated carbocycles. The summed E-state index contributed by atoms with van der Waals surface area (Å²) in [5, 5.41) is 8.57. The third-order valence-electron chi connectivity index (χ3n) is 3.87. The number of fused-ring (bicyclic) bond motifs is 1. The standard InChI is InChI=1S/C13H16N2O6/c1-8-6-19-13(15-3)9(7-20-12(8,13)14-2)21-11(18)5-4-10(16)17/h3,8-9H,2,4-7H2,1H3/p+1/t8-,9+,12-,13-/m1/s1. The number of hydrogen-bond acceptors (Lipinski definition) is 6. The molecule has 0 aromatic rings. The maximum Gasteiger partial charge on any atom is 0.473 e. The van der Waals surface area contributed by atoms with Gasteiger partial charge < -0.3 is 14.6 Å². The van der Waals surface area contributed by atoms with Crippen LogP contribution in [0.2, 0.25) is 0 Å². The summed E-state index contributed by atoms with van der Waals surface area (Å²) in [6.45, 7) is 11.1. The van der Waals surface area contributed by atoms with Crippen molar-refractivity contribution in [1.29, 1.82) is 0 Å². The van der Waals surface area contributed by atoms with Gasteiger partial charge >= 0.3 is 17.7 Å². The fraction of sp³-hybridized carbons (Fsp3) is 0.692. The molecule has 0 bridgehead atoms. The fourth-order valence-electron chi connectivity index (χ4n) is 2.77. The summed E-state index contributed by atoms with van der Waals surface area (Å²) in [4.78, 5) is 29.9. The summed E-state index contributed by atoms with van der Waals surface area (Å²) < 4.78 is 16.5. The van der Waals surface area contributed by atoms with Crippen molar-refractivity contribution in [3.05, 3.63) is 4.85 Å². The first kappa shape index (κ1) is 15.4. The van der Waals surface area contributed by atoms with Gasteiger partial charge in [0.05, 0.1) is 26.1 Å². The van der Waals surface area contributed by atoms with Gasteiger partial charge in [0.25, 0.3) is 12.3 Å². The van der Waals surface area contributed by atoms with Crippen LogP contribution in [0.1, 0.15) is 19.8 Å². The Morgan fingerprint density at radius 2 is 2.19 bits per heavy atom.